The van der Waals surface area contributed by atoms with Crippen LogP contribution in [0.1, 0.15) is 35.0 Å². The third-order valence-electron chi connectivity index (χ3n) is 3.57. The Labute approximate surface area is 124 Å². The van der Waals surface area contributed by atoms with Gasteiger partial charge in [0.15, 0.2) is 0 Å². The lowest BCUT2D eigenvalue weighted by atomic mass is 10.2. The van der Waals surface area contributed by atoms with E-state index in [0.29, 0.717) is 18.5 Å². The molecule has 5 heteroatoms. The standard InChI is InChI=1S/C16H21N3O2/c1-3-14(11-20)18-16(21)15-9-17-19(12(15)2)10-13-7-5-4-6-8-13/h4-9,14,20H,3,10-11H2,1-2H3,(H,18,21). The second-order valence-electron chi connectivity index (χ2n) is 5.05. The second-order valence-corrected chi connectivity index (χ2v) is 5.05. The number of carbonyl (C=O) groups is 1. The number of carbonyl (C=O) groups excluding carboxylic acids is 1. The minimum atomic E-state index is -0.214. The van der Waals surface area contributed by atoms with E-state index in [9.17, 15) is 4.79 Å². The Balaban J connectivity index is 2.11. The highest BCUT2D eigenvalue weighted by Gasteiger charge is 2.17. The molecule has 0 aliphatic rings. The summed E-state index contributed by atoms with van der Waals surface area (Å²) in [4.78, 5) is 12.2. The molecular formula is C16H21N3O2. The number of hydrogen-bond acceptors (Lipinski definition) is 3. The molecule has 1 aromatic carbocycles. The molecule has 0 fully saturated rings. The largest absolute Gasteiger partial charge is 0.394 e. The molecule has 0 spiro atoms. The first-order valence-corrected chi connectivity index (χ1v) is 7.13. The highest BCUT2D eigenvalue weighted by atomic mass is 16.3. The Kier molecular flexibility index (Phi) is 5.11. The Morgan fingerprint density at radius 2 is 2.10 bits per heavy atom. The van der Waals surface area contributed by atoms with Gasteiger partial charge in [0, 0.05) is 5.69 Å². The van der Waals surface area contributed by atoms with Crippen LogP contribution in [-0.4, -0.2) is 33.4 Å². The number of aliphatic hydroxyl groups is 1. The van der Waals surface area contributed by atoms with Crippen molar-refractivity contribution in [2.24, 2.45) is 0 Å². The highest BCUT2D eigenvalue weighted by Crippen LogP contribution is 2.10. The first-order valence-electron chi connectivity index (χ1n) is 7.13. The van der Waals surface area contributed by atoms with Gasteiger partial charge in [-0.25, -0.2) is 0 Å². The molecule has 1 atom stereocenters. The van der Waals surface area contributed by atoms with E-state index in [1.54, 1.807) is 6.20 Å². The zero-order chi connectivity index (χ0) is 15.2. The topological polar surface area (TPSA) is 67.2 Å². The van der Waals surface area contributed by atoms with Crippen LogP contribution >= 0.6 is 0 Å². The van der Waals surface area contributed by atoms with Gasteiger partial charge in [0.25, 0.3) is 5.91 Å². The van der Waals surface area contributed by atoms with Crippen LogP contribution in [0.5, 0.6) is 0 Å². The zero-order valence-corrected chi connectivity index (χ0v) is 12.4. The minimum Gasteiger partial charge on any atom is -0.394 e. The monoisotopic (exact) mass is 287 g/mol. The molecule has 0 bridgehead atoms. The van der Waals surface area contributed by atoms with Gasteiger partial charge in [-0.15, -0.1) is 0 Å². The van der Waals surface area contributed by atoms with Crippen LogP contribution in [0.15, 0.2) is 36.5 Å². The molecule has 112 valence electrons. The summed E-state index contributed by atoms with van der Waals surface area (Å²) in [7, 11) is 0. The smallest absolute Gasteiger partial charge is 0.255 e. The van der Waals surface area contributed by atoms with Gasteiger partial charge in [-0.1, -0.05) is 37.3 Å². The lowest BCUT2D eigenvalue weighted by Gasteiger charge is -2.13. The van der Waals surface area contributed by atoms with Crippen molar-refractivity contribution in [1.82, 2.24) is 15.1 Å². The van der Waals surface area contributed by atoms with Gasteiger partial charge in [0.05, 0.1) is 31.0 Å². The van der Waals surface area contributed by atoms with E-state index in [1.807, 2.05) is 48.9 Å². The number of benzene rings is 1. The molecule has 2 rings (SSSR count). The number of amides is 1. The van der Waals surface area contributed by atoms with Gasteiger partial charge in [-0.3, -0.25) is 9.48 Å². The Morgan fingerprint density at radius 1 is 1.38 bits per heavy atom. The van der Waals surface area contributed by atoms with Crippen molar-refractivity contribution in [3.8, 4) is 0 Å². The maximum atomic E-state index is 12.2. The lowest BCUT2D eigenvalue weighted by molar-refractivity contribution is 0.0914. The summed E-state index contributed by atoms with van der Waals surface area (Å²) in [6, 6.07) is 9.77. The highest BCUT2D eigenvalue weighted by molar-refractivity contribution is 5.95. The molecule has 5 nitrogen and oxygen atoms in total. The van der Waals surface area contributed by atoms with Crippen molar-refractivity contribution in [2.45, 2.75) is 32.9 Å². The summed E-state index contributed by atoms with van der Waals surface area (Å²) in [5.41, 5.74) is 2.51. The molecule has 21 heavy (non-hydrogen) atoms. The average Bonchev–Trinajstić information content (AvgIpc) is 2.87. The van der Waals surface area contributed by atoms with Crippen LogP contribution in [0.2, 0.25) is 0 Å². The molecule has 0 saturated heterocycles. The van der Waals surface area contributed by atoms with Crippen molar-refractivity contribution >= 4 is 5.91 Å². The van der Waals surface area contributed by atoms with Crippen molar-refractivity contribution in [2.75, 3.05) is 6.61 Å². The number of hydrogen-bond donors (Lipinski definition) is 2. The van der Waals surface area contributed by atoms with Gasteiger partial charge in [-0.05, 0) is 18.9 Å². The fourth-order valence-electron chi connectivity index (χ4n) is 2.13. The molecule has 1 heterocycles. The van der Waals surface area contributed by atoms with Gasteiger partial charge in [-0.2, -0.15) is 5.10 Å². The number of nitrogens with one attached hydrogen (secondary N) is 1. The Hall–Kier alpha value is -2.14. The molecule has 1 aromatic heterocycles. The normalized spacial score (nSPS) is 12.1. The first kappa shape index (κ1) is 15.3. The van der Waals surface area contributed by atoms with E-state index in [1.165, 1.54) is 0 Å². The van der Waals surface area contributed by atoms with Crippen LogP contribution in [0, 0.1) is 6.92 Å². The summed E-state index contributed by atoms with van der Waals surface area (Å²) in [6.45, 7) is 4.38. The molecule has 2 N–H and O–H groups in total. The van der Waals surface area contributed by atoms with E-state index in [-0.39, 0.29) is 18.6 Å². The number of rotatable bonds is 6. The van der Waals surface area contributed by atoms with Gasteiger partial charge in [0.1, 0.15) is 0 Å². The van der Waals surface area contributed by atoms with Crippen molar-refractivity contribution < 1.29 is 9.90 Å². The molecule has 0 aliphatic heterocycles. The molecule has 0 radical (unpaired) electrons. The number of nitrogens with zero attached hydrogens (tertiary/aromatic N) is 2. The van der Waals surface area contributed by atoms with Crippen LogP contribution < -0.4 is 5.32 Å². The predicted octanol–water partition coefficient (Wildman–Crippen LogP) is 1.74. The maximum absolute atomic E-state index is 12.2. The van der Waals surface area contributed by atoms with Gasteiger partial charge in [0.2, 0.25) is 0 Å². The van der Waals surface area contributed by atoms with Crippen molar-refractivity contribution in [3.05, 3.63) is 53.3 Å². The molecular weight excluding hydrogens is 266 g/mol. The third-order valence-corrected chi connectivity index (χ3v) is 3.57. The van der Waals surface area contributed by atoms with Crippen molar-refractivity contribution in [3.63, 3.8) is 0 Å². The Bertz CT molecular complexity index is 589. The van der Waals surface area contributed by atoms with E-state index in [2.05, 4.69) is 10.4 Å². The molecule has 1 unspecified atom stereocenters. The molecule has 0 aliphatic carbocycles. The fraction of sp³-hybridized carbons (Fsp3) is 0.375. The zero-order valence-electron chi connectivity index (χ0n) is 12.4. The van der Waals surface area contributed by atoms with Crippen LogP contribution in [0.3, 0.4) is 0 Å². The average molecular weight is 287 g/mol. The number of aromatic nitrogens is 2. The van der Waals surface area contributed by atoms with E-state index >= 15 is 0 Å². The second kappa shape index (κ2) is 7.04. The Morgan fingerprint density at radius 3 is 2.71 bits per heavy atom. The number of aliphatic hydroxyl groups excluding tert-OH is 1. The van der Waals surface area contributed by atoms with Crippen LogP contribution in [0.25, 0.3) is 0 Å². The summed E-state index contributed by atoms with van der Waals surface area (Å²) in [5.74, 6) is -0.187. The molecule has 1 amide bonds. The first-order chi connectivity index (χ1) is 10.2. The lowest BCUT2D eigenvalue weighted by Crippen LogP contribution is -2.37. The van der Waals surface area contributed by atoms with Crippen molar-refractivity contribution in [1.29, 1.82) is 0 Å². The quantitative estimate of drug-likeness (QED) is 0.850. The summed E-state index contributed by atoms with van der Waals surface area (Å²) < 4.78 is 1.81. The third kappa shape index (κ3) is 3.70. The van der Waals surface area contributed by atoms with Gasteiger partial charge >= 0.3 is 0 Å². The summed E-state index contributed by atoms with van der Waals surface area (Å²) in [6.07, 6.45) is 2.27. The van der Waals surface area contributed by atoms with E-state index < -0.39 is 0 Å². The van der Waals surface area contributed by atoms with Gasteiger partial charge < -0.3 is 10.4 Å². The van der Waals surface area contributed by atoms with Crippen LogP contribution in [-0.2, 0) is 6.54 Å². The molecule has 0 saturated carbocycles. The van der Waals surface area contributed by atoms with E-state index in [4.69, 9.17) is 5.11 Å². The van der Waals surface area contributed by atoms with Crippen LogP contribution in [0.4, 0.5) is 0 Å². The SMILES string of the molecule is CCC(CO)NC(=O)c1cnn(Cc2ccccc2)c1C. The maximum Gasteiger partial charge on any atom is 0.255 e. The molecule has 2 aromatic rings. The minimum absolute atomic E-state index is 0.0561. The summed E-state index contributed by atoms with van der Waals surface area (Å²) >= 11 is 0. The summed E-state index contributed by atoms with van der Waals surface area (Å²) in [5, 5.41) is 16.2. The van der Waals surface area contributed by atoms with E-state index in [0.717, 1.165) is 11.3 Å². The predicted molar refractivity (Wildman–Crippen MR) is 81.1 cm³/mol. The fourth-order valence-corrected chi connectivity index (χ4v) is 2.13.